The number of hydrogen-bond acceptors (Lipinski definition) is 1. The summed E-state index contributed by atoms with van der Waals surface area (Å²) in [6.45, 7) is 1.78. The zero-order valence-corrected chi connectivity index (χ0v) is 14.1. The summed E-state index contributed by atoms with van der Waals surface area (Å²) >= 11 is 0. The molecular formula is C19H26F2N2O. The van der Waals surface area contributed by atoms with E-state index in [1.165, 1.54) is 18.6 Å². The van der Waals surface area contributed by atoms with Crippen molar-refractivity contribution >= 4 is 6.03 Å². The molecule has 3 saturated heterocycles. The predicted molar refractivity (Wildman–Crippen MR) is 88.7 cm³/mol. The number of carbonyl (C=O) groups is 1. The first-order valence-corrected chi connectivity index (χ1v) is 9.44. The molecule has 4 atom stereocenters. The maximum Gasteiger partial charge on any atom is 0.320 e. The van der Waals surface area contributed by atoms with Crippen molar-refractivity contribution < 1.29 is 13.6 Å². The second-order valence-electron chi connectivity index (χ2n) is 7.82. The standard InChI is InChI=1S/C19H26F2N2O/c20-17-7-4-13(12-18(17)21)14-10-15-5-6-16(11-14)23(15)19(24)22-8-2-1-3-9-22/h7,12-16H,1-6,8-11H2/t13?,14-,15+,16-. The van der Waals surface area contributed by atoms with Crippen LogP contribution in [-0.2, 0) is 0 Å². The normalized spacial score (nSPS) is 36.4. The van der Waals surface area contributed by atoms with Crippen molar-refractivity contribution in [2.75, 3.05) is 13.1 Å². The molecule has 0 aromatic carbocycles. The van der Waals surface area contributed by atoms with Crippen LogP contribution in [0.25, 0.3) is 0 Å². The number of nitrogens with zero attached hydrogens (tertiary/aromatic N) is 2. The number of fused-ring (bicyclic) bond motifs is 2. The number of amides is 2. The van der Waals surface area contributed by atoms with Crippen molar-refractivity contribution in [2.24, 2.45) is 11.8 Å². The van der Waals surface area contributed by atoms with Gasteiger partial charge in [0.25, 0.3) is 0 Å². The van der Waals surface area contributed by atoms with E-state index in [2.05, 4.69) is 4.90 Å². The molecule has 1 unspecified atom stereocenters. The fourth-order valence-corrected chi connectivity index (χ4v) is 5.13. The number of hydrogen-bond donors (Lipinski definition) is 0. The van der Waals surface area contributed by atoms with Crippen LogP contribution in [0.5, 0.6) is 0 Å². The molecule has 0 aromatic heterocycles. The Morgan fingerprint density at radius 1 is 1.00 bits per heavy atom. The van der Waals surface area contributed by atoms with Crippen LogP contribution in [0.3, 0.4) is 0 Å². The van der Waals surface area contributed by atoms with E-state index < -0.39 is 11.7 Å². The first-order valence-electron chi connectivity index (χ1n) is 9.44. The maximum absolute atomic E-state index is 13.6. The Kier molecular flexibility index (Phi) is 4.35. The van der Waals surface area contributed by atoms with Gasteiger partial charge in [-0.1, -0.05) is 0 Å². The summed E-state index contributed by atoms with van der Waals surface area (Å²) in [5, 5.41) is 0. The molecule has 3 aliphatic heterocycles. The minimum atomic E-state index is -0.716. The lowest BCUT2D eigenvalue weighted by molar-refractivity contribution is 0.0785. The van der Waals surface area contributed by atoms with Crippen LogP contribution in [0.2, 0.25) is 0 Å². The van der Waals surface area contributed by atoms with E-state index in [-0.39, 0.29) is 24.0 Å². The molecule has 3 heterocycles. The van der Waals surface area contributed by atoms with E-state index in [1.807, 2.05) is 4.90 Å². The minimum Gasteiger partial charge on any atom is -0.325 e. The SMILES string of the molecule is O=C(N1CCCCC1)N1[C@@H]2CC[C@H]1C[C@@H](C1C=C(F)C(F)=CC1)C2. The van der Waals surface area contributed by atoms with Gasteiger partial charge in [-0.05, 0) is 75.4 Å². The van der Waals surface area contributed by atoms with Gasteiger partial charge in [0.05, 0.1) is 0 Å². The van der Waals surface area contributed by atoms with Crippen LogP contribution in [-0.4, -0.2) is 41.0 Å². The molecule has 3 nitrogen and oxygen atoms in total. The highest BCUT2D eigenvalue weighted by Crippen LogP contribution is 2.44. The largest absolute Gasteiger partial charge is 0.325 e. The van der Waals surface area contributed by atoms with Crippen molar-refractivity contribution in [2.45, 2.75) is 63.5 Å². The number of carbonyl (C=O) groups excluding carboxylic acids is 1. The summed E-state index contributed by atoms with van der Waals surface area (Å²) in [6.07, 6.45) is 10.9. The third kappa shape index (κ3) is 2.86. The van der Waals surface area contributed by atoms with E-state index in [0.717, 1.165) is 51.6 Å². The fraction of sp³-hybridized carbons (Fsp3) is 0.737. The summed E-state index contributed by atoms with van der Waals surface area (Å²) in [5.74, 6) is -0.972. The average molecular weight is 336 g/mol. The van der Waals surface area contributed by atoms with Gasteiger partial charge in [-0.2, -0.15) is 0 Å². The smallest absolute Gasteiger partial charge is 0.320 e. The summed E-state index contributed by atoms with van der Waals surface area (Å²) in [4.78, 5) is 17.1. The molecule has 3 fully saturated rings. The number of piperidine rings is 2. The number of allylic oxidation sites excluding steroid dienone is 4. The molecule has 1 aliphatic carbocycles. The predicted octanol–water partition coefficient (Wildman–Crippen LogP) is 4.56. The van der Waals surface area contributed by atoms with Crippen LogP contribution in [0.4, 0.5) is 13.6 Å². The monoisotopic (exact) mass is 336 g/mol. The lowest BCUT2D eigenvalue weighted by Gasteiger charge is -2.44. The van der Waals surface area contributed by atoms with Gasteiger partial charge in [-0.3, -0.25) is 0 Å². The topological polar surface area (TPSA) is 23.6 Å². The molecule has 4 aliphatic rings. The van der Waals surface area contributed by atoms with Crippen LogP contribution < -0.4 is 0 Å². The van der Waals surface area contributed by atoms with Gasteiger partial charge in [0, 0.05) is 25.2 Å². The Hall–Kier alpha value is -1.39. The second-order valence-corrected chi connectivity index (χ2v) is 7.82. The summed E-state index contributed by atoms with van der Waals surface area (Å²) in [7, 11) is 0. The van der Waals surface area contributed by atoms with Crippen LogP contribution in [0.1, 0.15) is 51.4 Å². The van der Waals surface area contributed by atoms with Gasteiger partial charge < -0.3 is 9.80 Å². The zero-order chi connectivity index (χ0) is 16.7. The third-order valence-corrected chi connectivity index (χ3v) is 6.38. The van der Waals surface area contributed by atoms with Crippen LogP contribution in [0.15, 0.2) is 23.8 Å². The Labute approximate surface area is 142 Å². The first-order chi connectivity index (χ1) is 11.6. The molecule has 0 saturated carbocycles. The highest BCUT2D eigenvalue weighted by Gasteiger charge is 2.46. The average Bonchev–Trinajstić information content (AvgIpc) is 2.87. The number of rotatable bonds is 1. The minimum absolute atomic E-state index is 0.0832. The molecule has 132 valence electrons. The van der Waals surface area contributed by atoms with Gasteiger partial charge in [-0.15, -0.1) is 0 Å². The molecule has 2 amide bonds. The van der Waals surface area contributed by atoms with Gasteiger partial charge in [0.2, 0.25) is 0 Å². The van der Waals surface area contributed by atoms with Crippen molar-refractivity contribution in [3.05, 3.63) is 23.8 Å². The summed E-state index contributed by atoms with van der Waals surface area (Å²) in [5.41, 5.74) is 0. The van der Waals surface area contributed by atoms with Crippen molar-refractivity contribution in [3.63, 3.8) is 0 Å². The molecular weight excluding hydrogens is 310 g/mol. The number of urea groups is 1. The summed E-state index contributed by atoms with van der Waals surface area (Å²) < 4.78 is 26.8. The Morgan fingerprint density at radius 3 is 2.29 bits per heavy atom. The lowest BCUT2D eigenvalue weighted by Crippen LogP contribution is -2.53. The highest BCUT2D eigenvalue weighted by molar-refractivity contribution is 5.75. The Morgan fingerprint density at radius 2 is 1.67 bits per heavy atom. The molecule has 2 bridgehead atoms. The lowest BCUT2D eigenvalue weighted by atomic mass is 9.78. The van der Waals surface area contributed by atoms with Crippen molar-refractivity contribution in [3.8, 4) is 0 Å². The molecule has 24 heavy (non-hydrogen) atoms. The third-order valence-electron chi connectivity index (χ3n) is 6.38. The first kappa shape index (κ1) is 16.1. The molecule has 0 radical (unpaired) electrons. The Balaban J connectivity index is 1.43. The molecule has 5 heteroatoms. The molecule has 0 spiro atoms. The van der Waals surface area contributed by atoms with Crippen LogP contribution in [0, 0.1) is 11.8 Å². The van der Waals surface area contributed by atoms with Crippen molar-refractivity contribution in [1.82, 2.24) is 9.80 Å². The number of likely N-dealkylation sites (tertiary alicyclic amines) is 1. The fourth-order valence-electron chi connectivity index (χ4n) is 5.13. The van der Waals surface area contributed by atoms with Gasteiger partial charge in [0.1, 0.15) is 0 Å². The van der Waals surface area contributed by atoms with Gasteiger partial charge >= 0.3 is 6.03 Å². The van der Waals surface area contributed by atoms with Crippen LogP contribution >= 0.6 is 0 Å². The zero-order valence-electron chi connectivity index (χ0n) is 14.1. The van der Waals surface area contributed by atoms with Gasteiger partial charge in [0.15, 0.2) is 11.7 Å². The summed E-state index contributed by atoms with van der Waals surface area (Å²) in [6, 6.07) is 0.794. The van der Waals surface area contributed by atoms with Gasteiger partial charge in [-0.25, -0.2) is 13.6 Å². The molecule has 0 N–H and O–H groups in total. The number of halogens is 2. The maximum atomic E-state index is 13.6. The quantitative estimate of drug-likeness (QED) is 0.688. The highest BCUT2D eigenvalue weighted by atomic mass is 19.2. The second kappa shape index (κ2) is 6.49. The van der Waals surface area contributed by atoms with E-state index in [1.54, 1.807) is 0 Å². The molecule has 0 aromatic rings. The van der Waals surface area contributed by atoms with E-state index in [0.29, 0.717) is 12.3 Å². The Bertz CT molecular complexity index is 554. The van der Waals surface area contributed by atoms with E-state index in [9.17, 15) is 13.6 Å². The van der Waals surface area contributed by atoms with Crippen molar-refractivity contribution in [1.29, 1.82) is 0 Å². The molecule has 4 rings (SSSR count). The van der Waals surface area contributed by atoms with E-state index in [4.69, 9.17) is 0 Å². The van der Waals surface area contributed by atoms with E-state index >= 15 is 0 Å².